The fraction of sp³-hybridized carbons (Fsp3) is 0.293. The molecule has 15 nitrogen and oxygen atoms in total. The molecule has 302 valence electrons. The van der Waals surface area contributed by atoms with Gasteiger partial charge in [-0.05, 0) is 57.0 Å². The van der Waals surface area contributed by atoms with Crippen molar-refractivity contribution in [3.05, 3.63) is 98.4 Å². The van der Waals surface area contributed by atoms with Crippen molar-refractivity contribution in [2.45, 2.75) is 51.8 Å². The first-order valence-electron chi connectivity index (χ1n) is 18.2. The van der Waals surface area contributed by atoms with E-state index in [2.05, 4.69) is 20.6 Å². The molecule has 1 unspecified atom stereocenters. The number of nitrogens with zero attached hydrogens (tertiary/aromatic N) is 4. The van der Waals surface area contributed by atoms with E-state index in [1.54, 1.807) is 57.2 Å². The van der Waals surface area contributed by atoms with E-state index in [1.165, 1.54) is 22.6 Å². The van der Waals surface area contributed by atoms with Gasteiger partial charge in [0, 0.05) is 53.0 Å². The van der Waals surface area contributed by atoms with Crippen molar-refractivity contribution in [1.82, 2.24) is 29.9 Å². The molecule has 6 rings (SSSR count). The number of ether oxygens (including phenoxy) is 3. The van der Waals surface area contributed by atoms with Gasteiger partial charge in [-0.2, -0.15) is 4.98 Å². The Labute approximate surface area is 342 Å². The van der Waals surface area contributed by atoms with Gasteiger partial charge >= 0.3 is 12.2 Å². The van der Waals surface area contributed by atoms with Crippen molar-refractivity contribution in [1.29, 1.82) is 0 Å². The number of hydrogen-bond donors (Lipinski definition) is 3. The second kappa shape index (κ2) is 17.5. The molecular formula is C41H40Cl2N6O9. The van der Waals surface area contributed by atoms with Gasteiger partial charge in [-0.3, -0.25) is 18.8 Å². The van der Waals surface area contributed by atoms with Crippen LogP contribution in [-0.2, 0) is 16.1 Å². The Morgan fingerprint density at radius 3 is 2.33 bits per heavy atom. The third-order valence-electron chi connectivity index (χ3n) is 9.12. The highest BCUT2D eigenvalue weighted by molar-refractivity contribution is 6.39. The highest BCUT2D eigenvalue weighted by Gasteiger charge is 2.27. The Bertz CT molecular complexity index is 2470. The molecule has 17 heteroatoms. The quantitative estimate of drug-likeness (QED) is 0.0828. The predicted octanol–water partition coefficient (Wildman–Crippen LogP) is 6.88. The van der Waals surface area contributed by atoms with Gasteiger partial charge in [0.25, 0.3) is 5.56 Å². The summed E-state index contributed by atoms with van der Waals surface area (Å²) in [6.07, 6.45) is 0.996. The molecule has 2 aromatic carbocycles. The Balaban J connectivity index is 1.26. The molecule has 3 amide bonds. The lowest BCUT2D eigenvalue weighted by molar-refractivity contribution is -0.119. The maximum Gasteiger partial charge on any atom is 0.407 e. The van der Waals surface area contributed by atoms with Crippen LogP contribution in [0.2, 0.25) is 10.0 Å². The summed E-state index contributed by atoms with van der Waals surface area (Å²) < 4.78 is 17.7. The van der Waals surface area contributed by atoms with Gasteiger partial charge < -0.3 is 34.9 Å². The summed E-state index contributed by atoms with van der Waals surface area (Å²) in [4.78, 5) is 71.3. The fourth-order valence-electron chi connectivity index (χ4n) is 6.44. The molecule has 5 aromatic rings. The van der Waals surface area contributed by atoms with Crippen LogP contribution in [0.25, 0.3) is 39.2 Å². The van der Waals surface area contributed by atoms with E-state index < -0.39 is 23.3 Å². The molecule has 0 spiro atoms. The van der Waals surface area contributed by atoms with Crippen molar-refractivity contribution in [3.63, 3.8) is 0 Å². The van der Waals surface area contributed by atoms with E-state index in [0.29, 0.717) is 68.2 Å². The standard InChI is InChI=1S/C41H40Cl2N6O9/c1-41(2,3)58-39(53)44-16-18-57-37-30(22-50)38(52)49-17-15-23(19-32(49)47-37)26-7-5-8-27(34(26)42)28-9-6-10-29(35(28)43)31-13-11-24(36(46-31)56-4)20-48(40(54)55)21-25-12-14-33(51)45-25/h5-11,13,15,17,19,22,25H,12,14,16,18,20-21H2,1-4H3,(H,44,53)(H,45,51)(H,54,55). The Hall–Kier alpha value is -6.19. The molecule has 3 N–H and O–H groups in total. The number of aldehydes is 1. The van der Waals surface area contributed by atoms with Crippen LogP contribution in [0.15, 0.2) is 71.7 Å². The van der Waals surface area contributed by atoms with Crippen molar-refractivity contribution in [2.75, 3.05) is 26.8 Å². The monoisotopic (exact) mass is 830 g/mol. The van der Waals surface area contributed by atoms with Crippen LogP contribution in [0.5, 0.6) is 11.8 Å². The molecular weight excluding hydrogens is 791 g/mol. The predicted molar refractivity (Wildman–Crippen MR) is 217 cm³/mol. The maximum atomic E-state index is 13.3. The third kappa shape index (κ3) is 9.32. The summed E-state index contributed by atoms with van der Waals surface area (Å²) in [5.74, 6) is -0.0751. The summed E-state index contributed by atoms with van der Waals surface area (Å²) in [5.41, 5.74) is 2.58. The average molecular weight is 832 g/mol. The molecule has 0 radical (unpaired) electrons. The lowest BCUT2D eigenvalue weighted by atomic mass is 9.97. The number of fused-ring (bicyclic) bond motifs is 1. The number of hydrogen-bond acceptors (Lipinski definition) is 10. The van der Waals surface area contributed by atoms with E-state index in [0.717, 1.165) is 0 Å². The molecule has 0 aliphatic carbocycles. The number of carbonyl (C=O) groups excluding carboxylic acids is 3. The van der Waals surface area contributed by atoms with Crippen LogP contribution in [0.3, 0.4) is 0 Å². The van der Waals surface area contributed by atoms with Crippen LogP contribution in [-0.4, -0.2) is 87.2 Å². The van der Waals surface area contributed by atoms with Crippen LogP contribution in [0, 0.1) is 0 Å². The first-order chi connectivity index (χ1) is 27.7. The second-order valence-corrected chi connectivity index (χ2v) is 15.1. The minimum absolute atomic E-state index is 0.00677. The zero-order valence-electron chi connectivity index (χ0n) is 32.0. The van der Waals surface area contributed by atoms with Crippen molar-refractivity contribution < 1.29 is 38.5 Å². The number of methoxy groups -OCH3 is 1. The molecule has 0 saturated carbocycles. The number of alkyl carbamates (subject to hydrolysis) is 1. The number of benzene rings is 2. The van der Waals surface area contributed by atoms with E-state index in [9.17, 15) is 29.1 Å². The van der Waals surface area contributed by atoms with E-state index >= 15 is 0 Å². The fourth-order valence-corrected chi connectivity index (χ4v) is 7.10. The molecule has 1 aliphatic rings. The molecule has 58 heavy (non-hydrogen) atoms. The van der Waals surface area contributed by atoms with Crippen molar-refractivity contribution in [2.24, 2.45) is 0 Å². The van der Waals surface area contributed by atoms with E-state index in [-0.39, 0.29) is 61.2 Å². The summed E-state index contributed by atoms with van der Waals surface area (Å²) in [6.45, 7) is 5.27. The van der Waals surface area contributed by atoms with Crippen LogP contribution in [0.1, 0.15) is 49.5 Å². The maximum absolute atomic E-state index is 13.3. The van der Waals surface area contributed by atoms with Gasteiger partial charge in [-0.25, -0.2) is 14.6 Å². The van der Waals surface area contributed by atoms with Crippen molar-refractivity contribution >= 4 is 53.2 Å². The van der Waals surface area contributed by atoms with E-state index in [1.807, 2.05) is 24.3 Å². The largest absolute Gasteiger partial charge is 0.481 e. The van der Waals surface area contributed by atoms with Gasteiger partial charge in [0.1, 0.15) is 23.4 Å². The average Bonchev–Trinajstić information content (AvgIpc) is 3.60. The SMILES string of the molecule is COc1nc(-c2cccc(-c3cccc(-c4ccn5c(=O)c(C=O)c(OCCNC(=O)OC(C)(C)C)nc5c4)c3Cl)c2Cl)ccc1CN(CC1CCC(=O)N1)C(=O)O. The Kier molecular flexibility index (Phi) is 12.5. The number of pyridine rings is 2. The molecule has 1 atom stereocenters. The summed E-state index contributed by atoms with van der Waals surface area (Å²) in [5, 5.41) is 15.9. The normalized spacial score (nSPS) is 13.8. The van der Waals surface area contributed by atoms with Gasteiger partial charge in [0.2, 0.25) is 17.7 Å². The van der Waals surface area contributed by atoms with Crippen LogP contribution < -0.4 is 25.7 Å². The van der Waals surface area contributed by atoms with Gasteiger partial charge in [0.05, 0.1) is 35.9 Å². The van der Waals surface area contributed by atoms with Crippen LogP contribution >= 0.6 is 23.2 Å². The first kappa shape index (κ1) is 41.4. The second-order valence-electron chi connectivity index (χ2n) is 14.3. The number of rotatable bonds is 13. The molecule has 4 heterocycles. The zero-order valence-corrected chi connectivity index (χ0v) is 33.5. The zero-order chi connectivity index (χ0) is 41.7. The molecule has 1 fully saturated rings. The van der Waals surface area contributed by atoms with Gasteiger partial charge in [-0.15, -0.1) is 0 Å². The highest BCUT2D eigenvalue weighted by atomic mass is 35.5. The number of amides is 3. The number of nitrogens with one attached hydrogen (secondary N) is 2. The summed E-state index contributed by atoms with van der Waals surface area (Å²) >= 11 is 14.2. The topological polar surface area (TPSA) is 191 Å². The molecule has 1 aliphatic heterocycles. The molecule has 1 saturated heterocycles. The summed E-state index contributed by atoms with van der Waals surface area (Å²) in [6, 6.07) is 17.4. The van der Waals surface area contributed by atoms with Gasteiger partial charge in [-0.1, -0.05) is 59.6 Å². The number of halogens is 2. The number of carbonyl (C=O) groups is 4. The van der Waals surface area contributed by atoms with Crippen LogP contribution in [0.4, 0.5) is 9.59 Å². The van der Waals surface area contributed by atoms with Crippen molar-refractivity contribution in [3.8, 4) is 45.3 Å². The Morgan fingerprint density at radius 2 is 1.69 bits per heavy atom. The molecule has 0 bridgehead atoms. The van der Waals surface area contributed by atoms with Gasteiger partial charge in [0.15, 0.2) is 6.29 Å². The minimum Gasteiger partial charge on any atom is -0.481 e. The first-order valence-corrected chi connectivity index (χ1v) is 18.9. The number of aromatic nitrogens is 3. The summed E-state index contributed by atoms with van der Waals surface area (Å²) in [7, 11) is 1.45. The number of carboxylic acid groups (broad SMARTS) is 1. The Morgan fingerprint density at radius 1 is 1.00 bits per heavy atom. The minimum atomic E-state index is -1.14. The van der Waals surface area contributed by atoms with E-state index in [4.69, 9.17) is 37.4 Å². The smallest absolute Gasteiger partial charge is 0.407 e. The lowest BCUT2D eigenvalue weighted by Crippen LogP contribution is -2.41. The third-order valence-corrected chi connectivity index (χ3v) is 9.94. The molecule has 3 aromatic heterocycles. The highest BCUT2D eigenvalue weighted by Crippen LogP contribution is 2.42. The lowest BCUT2D eigenvalue weighted by Gasteiger charge is -2.23.